The van der Waals surface area contributed by atoms with Crippen molar-refractivity contribution in [3.63, 3.8) is 0 Å². The maximum Gasteiger partial charge on any atom is 0.0421 e. The molecule has 84 valence electrons. The van der Waals surface area contributed by atoms with Crippen LogP contribution in [0.15, 0.2) is 36.2 Å². The predicted octanol–water partition coefficient (Wildman–Crippen LogP) is 1.99. The first-order valence-electron chi connectivity index (χ1n) is 4.98. The molecular formula is C11H16Cl2N2. The van der Waals surface area contributed by atoms with Gasteiger partial charge in [-0.1, -0.05) is 18.2 Å². The highest BCUT2D eigenvalue weighted by Gasteiger charge is 2.36. The topological polar surface area (TPSA) is 24.1 Å². The molecule has 0 saturated carbocycles. The number of rotatable bonds is 0. The monoisotopic (exact) mass is 246 g/mol. The minimum absolute atomic E-state index is 0. The highest BCUT2D eigenvalue weighted by molar-refractivity contribution is 5.85. The number of hydrogen-bond acceptors (Lipinski definition) is 2. The Balaban J connectivity index is 0.000000562. The van der Waals surface area contributed by atoms with Gasteiger partial charge in [-0.2, -0.15) is 0 Å². The summed E-state index contributed by atoms with van der Waals surface area (Å²) in [7, 11) is 0. The van der Waals surface area contributed by atoms with Gasteiger partial charge in [0.25, 0.3) is 0 Å². The summed E-state index contributed by atoms with van der Waals surface area (Å²) in [5.41, 5.74) is 1.42. The van der Waals surface area contributed by atoms with Crippen molar-refractivity contribution in [2.75, 3.05) is 6.54 Å². The van der Waals surface area contributed by atoms with Crippen LogP contribution in [0, 0.1) is 11.8 Å². The lowest BCUT2D eigenvalue weighted by Gasteiger charge is -2.37. The van der Waals surface area contributed by atoms with Crippen LogP contribution in [-0.2, 0) is 0 Å². The van der Waals surface area contributed by atoms with Crippen molar-refractivity contribution in [2.24, 2.45) is 11.8 Å². The Morgan fingerprint density at radius 1 is 1.27 bits per heavy atom. The lowest BCUT2D eigenvalue weighted by Crippen LogP contribution is -2.48. The molecule has 2 heterocycles. The first kappa shape index (κ1) is 12.5. The molecule has 1 aliphatic carbocycles. The average Bonchev–Trinajstić information content (AvgIpc) is 2.65. The van der Waals surface area contributed by atoms with Gasteiger partial charge >= 0.3 is 0 Å². The van der Waals surface area contributed by atoms with Crippen LogP contribution in [0.5, 0.6) is 0 Å². The van der Waals surface area contributed by atoms with E-state index in [1.165, 1.54) is 12.1 Å². The van der Waals surface area contributed by atoms with Gasteiger partial charge in [-0.25, -0.2) is 0 Å². The molecule has 2 aliphatic heterocycles. The molecule has 0 radical (unpaired) electrons. The highest BCUT2D eigenvalue weighted by Crippen LogP contribution is 2.32. The molecule has 0 aromatic carbocycles. The molecule has 0 spiro atoms. The van der Waals surface area contributed by atoms with Crippen LogP contribution in [0.1, 0.15) is 6.42 Å². The molecule has 3 rings (SSSR count). The molecule has 1 saturated heterocycles. The molecule has 2 nitrogen and oxygen atoms in total. The van der Waals surface area contributed by atoms with Crippen LogP contribution in [0.25, 0.3) is 0 Å². The SMILES string of the molecule is C1=CCC2C(=C1)NCC1C=CNC12.Cl.Cl. The van der Waals surface area contributed by atoms with Crippen LogP contribution in [0.3, 0.4) is 0 Å². The number of fused-ring (bicyclic) bond motifs is 3. The smallest absolute Gasteiger partial charge is 0.0421 e. The van der Waals surface area contributed by atoms with E-state index in [0.29, 0.717) is 17.9 Å². The van der Waals surface area contributed by atoms with E-state index in [1.807, 2.05) is 0 Å². The van der Waals surface area contributed by atoms with Gasteiger partial charge in [0.2, 0.25) is 0 Å². The van der Waals surface area contributed by atoms with Gasteiger partial charge in [-0.05, 0) is 18.7 Å². The van der Waals surface area contributed by atoms with Gasteiger partial charge in [0.1, 0.15) is 0 Å². The van der Waals surface area contributed by atoms with E-state index in [0.717, 1.165) is 6.54 Å². The van der Waals surface area contributed by atoms with Crippen molar-refractivity contribution in [3.8, 4) is 0 Å². The zero-order valence-corrected chi connectivity index (χ0v) is 9.98. The van der Waals surface area contributed by atoms with Gasteiger partial charge < -0.3 is 10.6 Å². The molecule has 2 N–H and O–H groups in total. The lowest BCUT2D eigenvalue weighted by molar-refractivity contribution is 0.307. The fourth-order valence-electron chi connectivity index (χ4n) is 2.56. The molecule has 15 heavy (non-hydrogen) atoms. The van der Waals surface area contributed by atoms with E-state index in [9.17, 15) is 0 Å². The summed E-state index contributed by atoms with van der Waals surface area (Å²) in [6.45, 7) is 1.09. The molecule has 0 amide bonds. The quantitative estimate of drug-likeness (QED) is 0.684. The Morgan fingerprint density at radius 3 is 3.00 bits per heavy atom. The zero-order valence-electron chi connectivity index (χ0n) is 8.35. The third-order valence-electron chi connectivity index (χ3n) is 3.27. The number of allylic oxidation sites excluding steroid dienone is 3. The van der Waals surface area contributed by atoms with Crippen LogP contribution in [-0.4, -0.2) is 12.6 Å². The van der Waals surface area contributed by atoms with E-state index in [4.69, 9.17) is 0 Å². The Hall–Kier alpha value is -0.600. The fraction of sp³-hybridized carbons (Fsp3) is 0.455. The standard InChI is InChI=1S/C11H14N2.2ClH/c1-2-4-10-9(3-1)11-8(7-13-10)5-6-12-11;;/h1-2,4-6,8-9,11-13H,3,7H2;2*1H. The van der Waals surface area contributed by atoms with E-state index < -0.39 is 0 Å². The summed E-state index contributed by atoms with van der Waals surface area (Å²) in [4.78, 5) is 0. The van der Waals surface area contributed by atoms with Gasteiger partial charge in [0.05, 0.1) is 0 Å². The first-order chi connectivity index (χ1) is 6.45. The maximum atomic E-state index is 3.51. The second-order valence-corrected chi connectivity index (χ2v) is 3.99. The van der Waals surface area contributed by atoms with Crippen molar-refractivity contribution in [3.05, 3.63) is 36.2 Å². The molecule has 3 atom stereocenters. The molecular weight excluding hydrogens is 231 g/mol. The number of nitrogens with one attached hydrogen (secondary N) is 2. The molecule has 3 aliphatic rings. The summed E-state index contributed by atoms with van der Waals surface area (Å²) < 4.78 is 0. The number of piperidine rings is 1. The van der Waals surface area contributed by atoms with Crippen LogP contribution in [0.4, 0.5) is 0 Å². The van der Waals surface area contributed by atoms with Crippen molar-refractivity contribution < 1.29 is 0 Å². The summed E-state index contributed by atoms with van der Waals surface area (Å²) in [5, 5.41) is 6.97. The molecule has 0 aromatic rings. The minimum Gasteiger partial charge on any atom is -0.387 e. The van der Waals surface area contributed by atoms with Crippen molar-refractivity contribution >= 4 is 24.8 Å². The second kappa shape index (κ2) is 4.95. The molecule has 0 aromatic heterocycles. The molecule has 1 fully saturated rings. The summed E-state index contributed by atoms with van der Waals surface area (Å²) >= 11 is 0. The van der Waals surface area contributed by atoms with Crippen LogP contribution < -0.4 is 10.6 Å². The lowest BCUT2D eigenvalue weighted by atomic mass is 9.80. The highest BCUT2D eigenvalue weighted by atomic mass is 35.5. The van der Waals surface area contributed by atoms with E-state index in [2.05, 4.69) is 41.1 Å². The normalized spacial score (nSPS) is 34.7. The third kappa shape index (κ3) is 2.01. The third-order valence-corrected chi connectivity index (χ3v) is 3.27. The van der Waals surface area contributed by atoms with Gasteiger partial charge in [0.15, 0.2) is 0 Å². The average molecular weight is 247 g/mol. The van der Waals surface area contributed by atoms with E-state index >= 15 is 0 Å². The first-order valence-corrected chi connectivity index (χ1v) is 4.98. The van der Waals surface area contributed by atoms with Gasteiger partial charge in [-0.3, -0.25) is 0 Å². The largest absolute Gasteiger partial charge is 0.387 e. The Bertz CT molecular complexity index is 310. The Morgan fingerprint density at radius 2 is 2.13 bits per heavy atom. The fourth-order valence-corrected chi connectivity index (χ4v) is 2.56. The van der Waals surface area contributed by atoms with Gasteiger partial charge in [-0.15, -0.1) is 24.8 Å². The zero-order chi connectivity index (χ0) is 8.67. The van der Waals surface area contributed by atoms with Crippen molar-refractivity contribution in [1.29, 1.82) is 0 Å². The molecule has 4 heteroatoms. The van der Waals surface area contributed by atoms with E-state index in [-0.39, 0.29) is 24.8 Å². The second-order valence-electron chi connectivity index (χ2n) is 3.99. The summed E-state index contributed by atoms with van der Waals surface area (Å²) in [6, 6.07) is 0.637. The summed E-state index contributed by atoms with van der Waals surface area (Å²) in [6.07, 6.45) is 12.2. The maximum absolute atomic E-state index is 3.51. The molecule has 3 unspecified atom stereocenters. The number of hydrogen-bond donors (Lipinski definition) is 2. The number of halogens is 2. The van der Waals surface area contributed by atoms with Crippen LogP contribution in [0.2, 0.25) is 0 Å². The van der Waals surface area contributed by atoms with Gasteiger partial charge in [0, 0.05) is 30.1 Å². The Labute approximate surface area is 103 Å². The van der Waals surface area contributed by atoms with E-state index in [1.54, 1.807) is 0 Å². The summed E-state index contributed by atoms with van der Waals surface area (Å²) in [5.74, 6) is 1.35. The Kier molecular flexibility index (Phi) is 4.12. The molecule has 0 bridgehead atoms. The van der Waals surface area contributed by atoms with Crippen LogP contribution >= 0.6 is 24.8 Å². The van der Waals surface area contributed by atoms with Crippen molar-refractivity contribution in [1.82, 2.24) is 10.6 Å². The predicted molar refractivity (Wildman–Crippen MR) is 67.4 cm³/mol. The van der Waals surface area contributed by atoms with Crippen molar-refractivity contribution in [2.45, 2.75) is 12.5 Å². The minimum atomic E-state index is 0.